The molecule has 1 heterocycles. The number of allylic oxidation sites excluding steroid dienone is 2. The Bertz CT molecular complexity index is 1050. The summed E-state index contributed by atoms with van der Waals surface area (Å²) >= 11 is 0. The first kappa shape index (κ1) is 25.0. The van der Waals surface area contributed by atoms with Gasteiger partial charge >= 0.3 is 0 Å². The van der Waals surface area contributed by atoms with Gasteiger partial charge < -0.3 is 25.3 Å². The molecule has 0 aromatic heterocycles. The minimum Gasteiger partial charge on any atom is -0.507 e. The fourth-order valence-corrected chi connectivity index (χ4v) is 6.50. The Morgan fingerprint density at radius 2 is 1.77 bits per heavy atom. The van der Waals surface area contributed by atoms with Crippen molar-refractivity contribution in [2.24, 2.45) is 16.7 Å². The van der Waals surface area contributed by atoms with Crippen LogP contribution in [0.5, 0.6) is 11.5 Å². The first-order valence-corrected chi connectivity index (χ1v) is 12.5. The molecule has 1 aromatic carbocycles. The van der Waals surface area contributed by atoms with Crippen LogP contribution in [0.25, 0.3) is 0 Å². The normalized spacial score (nSPS) is 28.6. The van der Waals surface area contributed by atoms with Crippen LogP contribution < -0.4 is 5.32 Å². The summed E-state index contributed by atoms with van der Waals surface area (Å²) in [6.07, 6.45) is 5.97. The fraction of sp³-hybridized carbons (Fsp3) is 0.483. The standard InChI is InChI=1S/C29H39N3O3/c1-7-9-23(30-20(3)22-12-13-28(5)19(2)18-29(22,28)6)21(4)31-14-16-32(17-15-31)27(35)26-24(33)10-8-11-25(26)34/h7-8,10-11,22-23,30,33-34H,1-4,9,12-18H2,5-6H3/t22?,23?,28-,29?/m0/s1. The van der Waals surface area contributed by atoms with Gasteiger partial charge in [-0.2, -0.15) is 0 Å². The average Bonchev–Trinajstić information content (AvgIpc) is 3.04. The lowest BCUT2D eigenvalue weighted by Gasteiger charge is -2.57. The first-order valence-electron chi connectivity index (χ1n) is 12.5. The number of rotatable bonds is 8. The van der Waals surface area contributed by atoms with Crippen LogP contribution in [0.2, 0.25) is 0 Å². The van der Waals surface area contributed by atoms with Crippen LogP contribution in [0, 0.1) is 16.7 Å². The molecule has 3 fully saturated rings. The molecule has 4 atom stereocenters. The van der Waals surface area contributed by atoms with E-state index in [1.807, 2.05) is 6.08 Å². The molecule has 1 saturated heterocycles. The molecule has 2 aliphatic carbocycles. The van der Waals surface area contributed by atoms with Gasteiger partial charge in [-0.3, -0.25) is 4.79 Å². The summed E-state index contributed by atoms with van der Waals surface area (Å²) in [5.41, 5.74) is 3.77. The number of piperazine rings is 1. The highest BCUT2D eigenvalue weighted by molar-refractivity contribution is 5.99. The molecular formula is C29H39N3O3. The van der Waals surface area contributed by atoms with Crippen molar-refractivity contribution in [3.8, 4) is 11.5 Å². The lowest BCUT2D eigenvalue weighted by Crippen LogP contribution is -2.52. The number of fused-ring (bicyclic) bond motifs is 1. The molecule has 3 aliphatic rings. The molecule has 4 rings (SSSR count). The smallest absolute Gasteiger partial charge is 0.261 e. The van der Waals surface area contributed by atoms with Crippen molar-refractivity contribution in [1.82, 2.24) is 15.1 Å². The van der Waals surface area contributed by atoms with Gasteiger partial charge in [0.2, 0.25) is 0 Å². The van der Waals surface area contributed by atoms with Crippen molar-refractivity contribution in [2.45, 2.75) is 45.6 Å². The minimum atomic E-state index is -0.361. The van der Waals surface area contributed by atoms with Crippen molar-refractivity contribution in [3.05, 3.63) is 73.1 Å². The summed E-state index contributed by atoms with van der Waals surface area (Å²) in [7, 11) is 0. The molecule has 6 heteroatoms. The maximum absolute atomic E-state index is 12.9. The zero-order chi connectivity index (χ0) is 25.5. The molecule has 0 spiro atoms. The number of hydrogen-bond acceptors (Lipinski definition) is 5. The van der Waals surface area contributed by atoms with Crippen LogP contribution >= 0.6 is 0 Å². The van der Waals surface area contributed by atoms with Crippen LogP contribution in [0.1, 0.15) is 49.9 Å². The monoisotopic (exact) mass is 477 g/mol. The van der Waals surface area contributed by atoms with Gasteiger partial charge in [0, 0.05) is 43.5 Å². The molecule has 2 saturated carbocycles. The predicted octanol–water partition coefficient (Wildman–Crippen LogP) is 4.80. The number of carbonyl (C=O) groups is 1. The SMILES string of the molecule is C=CCC(NC(=C)C1CC[C@@]2(C)C(=C)CC12C)C(=C)N1CCN(C(=O)c2c(O)cccc2O)CC1. The van der Waals surface area contributed by atoms with Gasteiger partial charge in [0.05, 0.1) is 6.04 Å². The maximum atomic E-state index is 12.9. The molecular weight excluding hydrogens is 438 g/mol. The largest absolute Gasteiger partial charge is 0.507 e. The van der Waals surface area contributed by atoms with Crippen LogP contribution in [0.15, 0.2) is 67.6 Å². The van der Waals surface area contributed by atoms with Crippen molar-refractivity contribution < 1.29 is 15.0 Å². The van der Waals surface area contributed by atoms with Gasteiger partial charge in [0.15, 0.2) is 0 Å². The van der Waals surface area contributed by atoms with E-state index >= 15 is 0 Å². The van der Waals surface area contributed by atoms with Crippen molar-refractivity contribution >= 4 is 5.91 Å². The van der Waals surface area contributed by atoms with Crippen LogP contribution in [-0.2, 0) is 0 Å². The number of nitrogens with one attached hydrogen (secondary N) is 1. The maximum Gasteiger partial charge on any atom is 0.261 e. The van der Waals surface area contributed by atoms with E-state index in [0.717, 1.165) is 37.1 Å². The van der Waals surface area contributed by atoms with Gasteiger partial charge in [0.25, 0.3) is 5.91 Å². The van der Waals surface area contributed by atoms with Gasteiger partial charge in [-0.25, -0.2) is 0 Å². The van der Waals surface area contributed by atoms with E-state index in [1.54, 1.807) is 4.90 Å². The lowest BCUT2D eigenvalue weighted by atomic mass is 9.48. The van der Waals surface area contributed by atoms with E-state index in [1.165, 1.54) is 23.8 Å². The summed E-state index contributed by atoms with van der Waals surface area (Å²) in [6, 6.07) is 4.33. The Labute approximate surface area is 209 Å². The fourth-order valence-electron chi connectivity index (χ4n) is 6.50. The Kier molecular flexibility index (Phi) is 6.52. The quantitative estimate of drug-likeness (QED) is 0.469. The number of amides is 1. The highest BCUT2D eigenvalue weighted by Crippen LogP contribution is 2.71. The van der Waals surface area contributed by atoms with Gasteiger partial charge in [0.1, 0.15) is 17.1 Å². The Morgan fingerprint density at radius 1 is 1.17 bits per heavy atom. The Hall–Kier alpha value is -3.15. The number of phenolic OH excluding ortho intramolecular Hbond substituents is 2. The van der Waals surface area contributed by atoms with Crippen LogP contribution in [0.4, 0.5) is 0 Å². The van der Waals surface area contributed by atoms with E-state index in [4.69, 9.17) is 0 Å². The van der Waals surface area contributed by atoms with Crippen LogP contribution in [0.3, 0.4) is 0 Å². The molecule has 0 bridgehead atoms. The summed E-state index contributed by atoms with van der Waals surface area (Å²) in [6.45, 7) is 24.0. The number of benzene rings is 1. The van der Waals surface area contributed by atoms with Crippen molar-refractivity contribution in [2.75, 3.05) is 26.2 Å². The number of nitrogens with zero attached hydrogens (tertiary/aromatic N) is 2. The number of hydrogen-bond donors (Lipinski definition) is 3. The molecule has 1 aromatic rings. The highest BCUT2D eigenvalue weighted by atomic mass is 16.3. The zero-order valence-corrected chi connectivity index (χ0v) is 21.1. The first-order chi connectivity index (χ1) is 16.5. The summed E-state index contributed by atoms with van der Waals surface area (Å²) in [5.74, 6) is -0.372. The van der Waals surface area contributed by atoms with E-state index < -0.39 is 0 Å². The van der Waals surface area contributed by atoms with E-state index in [0.29, 0.717) is 32.1 Å². The second kappa shape index (κ2) is 9.14. The molecule has 35 heavy (non-hydrogen) atoms. The molecule has 1 aliphatic heterocycles. The average molecular weight is 478 g/mol. The Morgan fingerprint density at radius 3 is 2.31 bits per heavy atom. The number of carbonyl (C=O) groups excluding carboxylic acids is 1. The van der Waals surface area contributed by atoms with Gasteiger partial charge in [-0.05, 0) is 48.6 Å². The predicted molar refractivity (Wildman–Crippen MR) is 140 cm³/mol. The van der Waals surface area contributed by atoms with E-state index in [-0.39, 0.29) is 39.8 Å². The molecule has 0 radical (unpaired) electrons. The highest BCUT2D eigenvalue weighted by Gasteiger charge is 2.63. The third-order valence-electron chi connectivity index (χ3n) is 9.12. The molecule has 1 amide bonds. The van der Waals surface area contributed by atoms with Crippen molar-refractivity contribution in [1.29, 1.82) is 0 Å². The zero-order valence-electron chi connectivity index (χ0n) is 21.1. The van der Waals surface area contributed by atoms with Gasteiger partial charge in [-0.1, -0.05) is 51.3 Å². The van der Waals surface area contributed by atoms with Gasteiger partial charge in [-0.15, -0.1) is 6.58 Å². The molecule has 3 N–H and O–H groups in total. The molecule has 188 valence electrons. The lowest BCUT2D eigenvalue weighted by molar-refractivity contribution is 0.0326. The number of phenols is 2. The van der Waals surface area contributed by atoms with Crippen LogP contribution in [-0.4, -0.2) is 58.1 Å². The second-order valence-electron chi connectivity index (χ2n) is 10.8. The Balaban J connectivity index is 1.38. The summed E-state index contributed by atoms with van der Waals surface area (Å²) in [4.78, 5) is 16.8. The third-order valence-corrected chi connectivity index (χ3v) is 9.12. The summed E-state index contributed by atoms with van der Waals surface area (Å²) in [5, 5.41) is 23.8. The second-order valence-corrected chi connectivity index (χ2v) is 10.8. The van der Waals surface area contributed by atoms with Crippen molar-refractivity contribution in [3.63, 3.8) is 0 Å². The van der Waals surface area contributed by atoms with E-state index in [9.17, 15) is 15.0 Å². The van der Waals surface area contributed by atoms with E-state index in [2.05, 4.69) is 50.4 Å². The molecule has 3 unspecified atom stereocenters. The summed E-state index contributed by atoms with van der Waals surface area (Å²) < 4.78 is 0. The number of aromatic hydroxyl groups is 2. The third kappa shape index (κ3) is 4.03. The minimum absolute atomic E-state index is 0.0109. The molecule has 6 nitrogen and oxygen atoms in total. The topological polar surface area (TPSA) is 76.0 Å².